The highest BCUT2D eigenvalue weighted by Gasteiger charge is 2.31. The molecule has 4 heteroatoms. The number of rotatable bonds is 3. The summed E-state index contributed by atoms with van der Waals surface area (Å²) in [4.78, 5) is 10.0. The van der Waals surface area contributed by atoms with Gasteiger partial charge in [-0.1, -0.05) is 0 Å². The van der Waals surface area contributed by atoms with E-state index in [1.807, 2.05) is 0 Å². The zero-order valence-electron chi connectivity index (χ0n) is 6.30. The number of aliphatic hydroxyl groups is 1. The van der Waals surface area contributed by atoms with Crippen LogP contribution in [0.5, 0.6) is 0 Å². The number of amides is 1. The van der Waals surface area contributed by atoms with Crippen molar-refractivity contribution >= 4 is 6.41 Å². The van der Waals surface area contributed by atoms with Crippen molar-refractivity contribution in [2.45, 2.75) is 18.4 Å². The minimum absolute atomic E-state index is 0.0361. The van der Waals surface area contributed by atoms with E-state index < -0.39 is 5.54 Å². The van der Waals surface area contributed by atoms with Crippen LogP contribution in [0.4, 0.5) is 0 Å². The molecule has 1 fully saturated rings. The van der Waals surface area contributed by atoms with Gasteiger partial charge in [-0.25, -0.2) is 0 Å². The molecule has 0 spiro atoms. The van der Waals surface area contributed by atoms with Crippen molar-refractivity contribution in [3.05, 3.63) is 0 Å². The highest BCUT2D eigenvalue weighted by molar-refractivity contribution is 5.49. The number of ether oxygens (including phenoxy) is 1. The highest BCUT2D eigenvalue weighted by Crippen LogP contribution is 2.18. The average Bonchev–Trinajstić information content (AvgIpc) is 2.07. The number of carbonyl (C=O) groups excluding carboxylic acids is 1. The first-order valence-electron chi connectivity index (χ1n) is 3.66. The zero-order chi connectivity index (χ0) is 8.16. The Labute approximate surface area is 65.5 Å². The molecule has 1 saturated heterocycles. The summed E-state index contributed by atoms with van der Waals surface area (Å²) in [6.45, 7) is 1.15. The highest BCUT2D eigenvalue weighted by atomic mass is 16.5. The second-order valence-corrected chi connectivity index (χ2v) is 2.78. The van der Waals surface area contributed by atoms with E-state index in [1.54, 1.807) is 6.41 Å². The largest absolute Gasteiger partial charge is 0.394 e. The van der Waals surface area contributed by atoms with Gasteiger partial charge in [0.05, 0.1) is 12.1 Å². The van der Waals surface area contributed by atoms with Gasteiger partial charge >= 0.3 is 6.41 Å². The summed E-state index contributed by atoms with van der Waals surface area (Å²) >= 11 is 0. The van der Waals surface area contributed by atoms with Gasteiger partial charge in [-0.15, -0.1) is 0 Å². The first kappa shape index (κ1) is 8.49. The molecule has 0 saturated carbocycles. The first-order chi connectivity index (χ1) is 5.33. The molecule has 1 heterocycles. The van der Waals surface area contributed by atoms with E-state index in [0.29, 0.717) is 26.1 Å². The molecule has 1 rings (SSSR count). The molecule has 0 bridgehead atoms. The van der Waals surface area contributed by atoms with Crippen LogP contribution in [0.3, 0.4) is 0 Å². The van der Waals surface area contributed by atoms with Crippen LogP contribution < -0.4 is 5.32 Å². The molecule has 2 N–H and O–H groups in total. The van der Waals surface area contributed by atoms with Gasteiger partial charge in [0, 0.05) is 13.2 Å². The third kappa shape index (κ3) is 1.91. The van der Waals surface area contributed by atoms with E-state index in [1.165, 1.54) is 0 Å². The Morgan fingerprint density at radius 2 is 2.18 bits per heavy atom. The zero-order valence-corrected chi connectivity index (χ0v) is 6.30. The molecule has 0 aromatic carbocycles. The van der Waals surface area contributed by atoms with Crippen molar-refractivity contribution in [1.82, 2.24) is 5.32 Å². The van der Waals surface area contributed by atoms with Crippen LogP contribution in [0.2, 0.25) is 0 Å². The van der Waals surface area contributed by atoms with Crippen LogP contribution in [-0.2, 0) is 9.53 Å². The molecule has 63 valence electrons. The van der Waals surface area contributed by atoms with E-state index in [-0.39, 0.29) is 6.61 Å². The van der Waals surface area contributed by atoms with Gasteiger partial charge < -0.3 is 15.2 Å². The Hall–Kier alpha value is -0.610. The molecule has 0 aromatic rings. The average molecular weight is 158 g/mol. The molecule has 0 atom stereocenters. The molecule has 1 aliphatic heterocycles. The van der Waals surface area contributed by atoms with Gasteiger partial charge in [-0.3, -0.25) is 4.79 Å². The Morgan fingerprint density at radius 3 is 2.64 bits per heavy atom. The lowest BCUT2D eigenvalue weighted by atomic mass is 9.91. The van der Waals surface area contributed by atoms with Crippen LogP contribution in [0.25, 0.3) is 0 Å². The summed E-state index contributed by atoms with van der Waals surface area (Å²) in [5.41, 5.74) is -0.472. The fourth-order valence-electron chi connectivity index (χ4n) is 1.19. The SMILES string of the molecule is O=[C]NC1(CO)CCOCC1. The Morgan fingerprint density at radius 1 is 1.55 bits per heavy atom. The van der Waals surface area contributed by atoms with E-state index in [9.17, 15) is 4.79 Å². The molecule has 0 aromatic heterocycles. The fourth-order valence-corrected chi connectivity index (χ4v) is 1.19. The maximum absolute atomic E-state index is 10.0. The lowest BCUT2D eigenvalue weighted by Crippen LogP contribution is -2.51. The predicted molar refractivity (Wildman–Crippen MR) is 38.7 cm³/mol. The Kier molecular flexibility index (Phi) is 2.84. The van der Waals surface area contributed by atoms with E-state index in [2.05, 4.69) is 5.32 Å². The normalized spacial score (nSPS) is 22.6. The van der Waals surface area contributed by atoms with Crippen LogP contribution >= 0.6 is 0 Å². The van der Waals surface area contributed by atoms with Crippen molar-refractivity contribution in [3.63, 3.8) is 0 Å². The summed E-state index contributed by atoms with van der Waals surface area (Å²) in [7, 11) is 0. The van der Waals surface area contributed by atoms with E-state index in [4.69, 9.17) is 9.84 Å². The molecule has 11 heavy (non-hydrogen) atoms. The number of nitrogens with one attached hydrogen (secondary N) is 1. The third-order valence-electron chi connectivity index (χ3n) is 2.07. The van der Waals surface area contributed by atoms with Gasteiger partial charge in [-0.05, 0) is 12.8 Å². The monoisotopic (exact) mass is 158 g/mol. The minimum atomic E-state index is -0.472. The van der Waals surface area contributed by atoms with Crippen LogP contribution in [0.15, 0.2) is 0 Å². The molecular weight excluding hydrogens is 146 g/mol. The molecule has 4 nitrogen and oxygen atoms in total. The van der Waals surface area contributed by atoms with Gasteiger partial charge in [-0.2, -0.15) is 0 Å². The second-order valence-electron chi connectivity index (χ2n) is 2.78. The smallest absolute Gasteiger partial charge is 0.309 e. The predicted octanol–water partition coefficient (Wildman–Crippen LogP) is -0.815. The minimum Gasteiger partial charge on any atom is -0.394 e. The van der Waals surface area contributed by atoms with E-state index in [0.717, 1.165) is 0 Å². The fraction of sp³-hybridized carbons (Fsp3) is 0.857. The maximum atomic E-state index is 10.0. The van der Waals surface area contributed by atoms with Crippen molar-refractivity contribution in [2.75, 3.05) is 19.8 Å². The first-order valence-corrected chi connectivity index (χ1v) is 3.66. The van der Waals surface area contributed by atoms with E-state index >= 15 is 0 Å². The summed E-state index contributed by atoms with van der Waals surface area (Å²) in [6, 6.07) is 0. The molecule has 1 aliphatic rings. The molecule has 1 radical (unpaired) electrons. The van der Waals surface area contributed by atoms with Crippen LogP contribution in [-0.4, -0.2) is 36.9 Å². The lowest BCUT2D eigenvalue weighted by Gasteiger charge is -2.34. The summed E-state index contributed by atoms with van der Waals surface area (Å²) in [6.07, 6.45) is 2.94. The van der Waals surface area contributed by atoms with Gasteiger partial charge in [0.25, 0.3) is 0 Å². The van der Waals surface area contributed by atoms with Crippen LogP contribution in [0.1, 0.15) is 12.8 Å². The quantitative estimate of drug-likeness (QED) is 0.528. The molecule has 0 unspecified atom stereocenters. The Balaban J connectivity index is 2.49. The van der Waals surface area contributed by atoms with Gasteiger partial charge in [0.2, 0.25) is 0 Å². The molecular formula is C7H12NO3. The standard InChI is InChI=1S/C7H12NO3/c9-5-7(8-6-10)1-3-11-4-2-7/h9H,1-5H2,(H,8,10). The van der Waals surface area contributed by atoms with Crippen LogP contribution in [0, 0.1) is 0 Å². The molecule has 0 aliphatic carbocycles. The van der Waals surface area contributed by atoms with Crippen molar-refractivity contribution < 1.29 is 14.6 Å². The number of hydrogen-bond acceptors (Lipinski definition) is 3. The second kappa shape index (κ2) is 3.69. The summed E-state index contributed by atoms with van der Waals surface area (Å²) < 4.78 is 5.09. The van der Waals surface area contributed by atoms with Gasteiger partial charge in [0.1, 0.15) is 0 Å². The maximum Gasteiger partial charge on any atom is 0.309 e. The van der Waals surface area contributed by atoms with Crippen molar-refractivity contribution in [1.29, 1.82) is 0 Å². The lowest BCUT2D eigenvalue weighted by molar-refractivity contribution is 0.0204. The number of hydrogen-bond donors (Lipinski definition) is 2. The van der Waals surface area contributed by atoms with Crippen molar-refractivity contribution in [2.24, 2.45) is 0 Å². The topological polar surface area (TPSA) is 58.6 Å². The summed E-state index contributed by atoms with van der Waals surface area (Å²) in [5, 5.41) is 11.5. The molecule has 1 amide bonds. The third-order valence-corrected chi connectivity index (χ3v) is 2.07. The van der Waals surface area contributed by atoms with Gasteiger partial charge in [0.15, 0.2) is 0 Å². The Bertz CT molecular complexity index is 132. The van der Waals surface area contributed by atoms with Crippen molar-refractivity contribution in [3.8, 4) is 0 Å². The summed E-state index contributed by atoms with van der Waals surface area (Å²) in [5.74, 6) is 0. The number of aliphatic hydroxyl groups excluding tert-OH is 1.